The van der Waals surface area contributed by atoms with Crippen molar-refractivity contribution in [2.75, 3.05) is 0 Å². The molecule has 28 heavy (non-hydrogen) atoms. The highest BCUT2D eigenvalue weighted by atomic mass is 32.2. The zero-order valence-electron chi connectivity index (χ0n) is 16.0. The second-order valence-electron chi connectivity index (χ2n) is 7.29. The number of H-pyrrole nitrogens is 1. The fourth-order valence-electron chi connectivity index (χ4n) is 4.28. The van der Waals surface area contributed by atoms with Gasteiger partial charge < -0.3 is 9.40 Å². The van der Waals surface area contributed by atoms with Gasteiger partial charge in [-0.25, -0.2) is 13.6 Å². The Morgan fingerprint density at radius 3 is 2.50 bits per heavy atom. The Balaban J connectivity index is 1.93. The van der Waals surface area contributed by atoms with E-state index in [2.05, 4.69) is 31.0 Å². The van der Waals surface area contributed by atoms with Crippen molar-refractivity contribution in [1.29, 1.82) is 0 Å². The first kappa shape index (κ1) is 18.8. The number of nitrogens with two attached hydrogens (primary N) is 1. The minimum atomic E-state index is -3.61. The lowest BCUT2D eigenvalue weighted by atomic mass is 9.73. The summed E-state index contributed by atoms with van der Waals surface area (Å²) in [6, 6.07) is 15.8. The largest absolute Gasteiger partial charge is 0.460 e. The SMILES string of the molecule is CCC(CC)(c1cc2ccccc2o1)c1c[nH]c2c(CS(N)(=O)=O)cccc12. The molecule has 0 aliphatic rings. The molecule has 4 rings (SSSR count). The summed E-state index contributed by atoms with van der Waals surface area (Å²) in [6.45, 7) is 4.31. The molecule has 4 aromatic rings. The normalized spacial score (nSPS) is 12.8. The van der Waals surface area contributed by atoms with Crippen LogP contribution >= 0.6 is 0 Å². The molecular formula is C22H24N2O3S. The summed E-state index contributed by atoms with van der Waals surface area (Å²) in [5.41, 5.74) is 3.17. The van der Waals surface area contributed by atoms with E-state index in [0.29, 0.717) is 5.56 Å². The Kier molecular flexibility index (Phi) is 4.56. The zero-order chi connectivity index (χ0) is 19.9. The Morgan fingerprint density at radius 1 is 1.07 bits per heavy atom. The highest BCUT2D eigenvalue weighted by Gasteiger charge is 2.36. The van der Waals surface area contributed by atoms with Crippen molar-refractivity contribution >= 4 is 31.9 Å². The van der Waals surface area contributed by atoms with Crippen molar-refractivity contribution < 1.29 is 12.8 Å². The van der Waals surface area contributed by atoms with E-state index in [-0.39, 0.29) is 11.2 Å². The van der Waals surface area contributed by atoms with Crippen LogP contribution in [0.2, 0.25) is 0 Å². The molecule has 2 heterocycles. The molecule has 2 aromatic carbocycles. The Labute approximate surface area is 164 Å². The van der Waals surface area contributed by atoms with Crippen LogP contribution in [-0.4, -0.2) is 13.4 Å². The lowest BCUT2D eigenvalue weighted by Gasteiger charge is -2.29. The van der Waals surface area contributed by atoms with Gasteiger partial charge in [-0.1, -0.05) is 50.2 Å². The van der Waals surface area contributed by atoms with E-state index in [1.165, 1.54) is 0 Å². The minimum Gasteiger partial charge on any atom is -0.460 e. The third-order valence-electron chi connectivity index (χ3n) is 5.78. The molecule has 0 aliphatic heterocycles. The average molecular weight is 397 g/mol. The number of aromatic amines is 1. The standard InChI is InChI=1S/C22H24N2O3S/c1-3-22(4-2,20-12-15-8-5-6-11-19(15)27-20)18-13-24-21-16(14-28(23,25)26)9-7-10-17(18)21/h5-13,24H,3-4,14H2,1-2H3,(H2,23,25,26). The minimum absolute atomic E-state index is 0.194. The van der Waals surface area contributed by atoms with Crippen LogP contribution in [-0.2, 0) is 21.2 Å². The summed E-state index contributed by atoms with van der Waals surface area (Å²) >= 11 is 0. The van der Waals surface area contributed by atoms with Crippen molar-refractivity contribution in [2.24, 2.45) is 5.14 Å². The number of sulfonamides is 1. The monoisotopic (exact) mass is 396 g/mol. The van der Waals surface area contributed by atoms with Gasteiger partial charge in [0.2, 0.25) is 10.0 Å². The molecule has 3 N–H and O–H groups in total. The molecule has 0 fully saturated rings. The number of benzene rings is 2. The molecule has 0 saturated carbocycles. The Bertz CT molecular complexity index is 1210. The molecule has 0 bridgehead atoms. The van der Waals surface area contributed by atoms with Gasteiger partial charge in [0, 0.05) is 17.0 Å². The topological polar surface area (TPSA) is 89.1 Å². The number of hydrogen-bond donors (Lipinski definition) is 2. The van der Waals surface area contributed by atoms with E-state index >= 15 is 0 Å². The van der Waals surface area contributed by atoms with Crippen LogP contribution in [0.25, 0.3) is 21.9 Å². The maximum absolute atomic E-state index is 11.6. The molecule has 5 nitrogen and oxygen atoms in total. The zero-order valence-corrected chi connectivity index (χ0v) is 16.8. The smallest absolute Gasteiger partial charge is 0.213 e. The quantitative estimate of drug-likeness (QED) is 0.490. The molecule has 146 valence electrons. The third-order valence-corrected chi connectivity index (χ3v) is 6.49. The van der Waals surface area contributed by atoms with Crippen LogP contribution in [0.15, 0.2) is 59.1 Å². The van der Waals surface area contributed by atoms with Gasteiger partial charge in [0.05, 0.1) is 16.7 Å². The van der Waals surface area contributed by atoms with Crippen LogP contribution in [0, 0.1) is 0 Å². The third kappa shape index (κ3) is 3.02. The van der Waals surface area contributed by atoms with E-state index in [9.17, 15) is 8.42 Å². The number of primary sulfonamides is 1. The maximum Gasteiger partial charge on any atom is 0.213 e. The molecule has 0 amide bonds. The van der Waals surface area contributed by atoms with Gasteiger partial charge in [-0.15, -0.1) is 0 Å². The maximum atomic E-state index is 11.6. The lowest BCUT2D eigenvalue weighted by molar-refractivity contribution is 0.381. The van der Waals surface area contributed by atoms with Gasteiger partial charge in [-0.05, 0) is 36.1 Å². The summed E-state index contributed by atoms with van der Waals surface area (Å²) in [7, 11) is -3.61. The summed E-state index contributed by atoms with van der Waals surface area (Å²) in [6.07, 6.45) is 3.70. The number of furan rings is 1. The fourth-order valence-corrected chi connectivity index (χ4v) is 4.95. The van der Waals surface area contributed by atoms with E-state index < -0.39 is 10.0 Å². The van der Waals surface area contributed by atoms with Gasteiger partial charge in [-0.3, -0.25) is 0 Å². The molecule has 0 spiro atoms. The Hall–Kier alpha value is -2.57. The molecule has 0 unspecified atom stereocenters. The summed E-state index contributed by atoms with van der Waals surface area (Å²) in [5.74, 6) is 0.733. The van der Waals surface area contributed by atoms with Crippen molar-refractivity contribution in [3.05, 3.63) is 71.6 Å². The molecule has 0 atom stereocenters. The fraction of sp³-hybridized carbons (Fsp3) is 0.273. The van der Waals surface area contributed by atoms with Crippen LogP contribution in [0.1, 0.15) is 43.6 Å². The first-order chi connectivity index (χ1) is 13.4. The van der Waals surface area contributed by atoms with E-state index in [4.69, 9.17) is 9.56 Å². The van der Waals surface area contributed by atoms with Crippen molar-refractivity contribution in [2.45, 2.75) is 37.9 Å². The molecule has 6 heteroatoms. The molecule has 2 aromatic heterocycles. The van der Waals surface area contributed by atoms with Crippen LogP contribution < -0.4 is 5.14 Å². The van der Waals surface area contributed by atoms with E-state index in [1.54, 1.807) is 6.07 Å². The van der Waals surface area contributed by atoms with Crippen LogP contribution in [0.3, 0.4) is 0 Å². The number of nitrogens with one attached hydrogen (secondary N) is 1. The predicted molar refractivity (Wildman–Crippen MR) is 113 cm³/mol. The van der Waals surface area contributed by atoms with Crippen LogP contribution in [0.5, 0.6) is 0 Å². The number of aromatic nitrogens is 1. The molecule has 0 aliphatic carbocycles. The van der Waals surface area contributed by atoms with Gasteiger partial charge >= 0.3 is 0 Å². The second-order valence-corrected chi connectivity index (χ2v) is 8.90. The highest BCUT2D eigenvalue weighted by Crippen LogP contribution is 2.44. The summed E-state index contributed by atoms with van der Waals surface area (Å²) < 4.78 is 29.5. The lowest BCUT2D eigenvalue weighted by Crippen LogP contribution is -2.25. The Morgan fingerprint density at radius 2 is 1.82 bits per heavy atom. The number of fused-ring (bicyclic) bond motifs is 2. The second kappa shape index (κ2) is 6.79. The number of rotatable bonds is 6. The molecule has 0 saturated heterocycles. The van der Waals surface area contributed by atoms with Gasteiger partial charge in [0.1, 0.15) is 11.3 Å². The van der Waals surface area contributed by atoms with Crippen LogP contribution in [0.4, 0.5) is 0 Å². The van der Waals surface area contributed by atoms with E-state index in [1.807, 2.05) is 36.5 Å². The molecular weight excluding hydrogens is 372 g/mol. The van der Waals surface area contributed by atoms with Gasteiger partial charge in [0.15, 0.2) is 0 Å². The first-order valence-electron chi connectivity index (χ1n) is 9.47. The summed E-state index contributed by atoms with van der Waals surface area (Å²) in [5, 5.41) is 7.37. The van der Waals surface area contributed by atoms with Crippen molar-refractivity contribution in [1.82, 2.24) is 4.98 Å². The van der Waals surface area contributed by atoms with Crippen molar-refractivity contribution in [3.63, 3.8) is 0 Å². The number of para-hydroxylation sites is 2. The van der Waals surface area contributed by atoms with Gasteiger partial charge in [-0.2, -0.15) is 0 Å². The van der Waals surface area contributed by atoms with Gasteiger partial charge in [0.25, 0.3) is 0 Å². The highest BCUT2D eigenvalue weighted by molar-refractivity contribution is 7.88. The predicted octanol–water partition coefficient (Wildman–Crippen LogP) is 4.81. The summed E-state index contributed by atoms with van der Waals surface area (Å²) in [4.78, 5) is 3.30. The average Bonchev–Trinajstić information content (AvgIpc) is 3.28. The first-order valence-corrected chi connectivity index (χ1v) is 11.2. The number of hydrogen-bond acceptors (Lipinski definition) is 3. The molecule has 0 radical (unpaired) electrons. The van der Waals surface area contributed by atoms with Crippen molar-refractivity contribution in [3.8, 4) is 0 Å². The van der Waals surface area contributed by atoms with E-state index in [0.717, 1.165) is 46.0 Å².